The van der Waals surface area contributed by atoms with Crippen LogP contribution in [0.25, 0.3) is 0 Å². The van der Waals surface area contributed by atoms with Gasteiger partial charge < -0.3 is 4.57 Å². The van der Waals surface area contributed by atoms with Crippen molar-refractivity contribution in [3.63, 3.8) is 0 Å². The molecule has 2 atom stereocenters. The Morgan fingerprint density at radius 1 is 1.06 bits per heavy atom. The van der Waals surface area contributed by atoms with Gasteiger partial charge in [-0.05, 0) is 0 Å². The first kappa shape index (κ1) is 12.1. The number of alkyl halides is 2. The number of fused-ring (bicyclic) bond motifs is 1. The Bertz CT molecular complexity index is 503. The lowest BCUT2D eigenvalue weighted by atomic mass is 10.0. The molecule has 1 aliphatic heterocycles. The van der Waals surface area contributed by atoms with Gasteiger partial charge >= 0.3 is 0 Å². The van der Waals surface area contributed by atoms with E-state index in [1.807, 2.05) is 30.3 Å². The summed E-state index contributed by atoms with van der Waals surface area (Å²) in [5, 5.41) is 0.971. The number of halogens is 2. The van der Waals surface area contributed by atoms with Gasteiger partial charge in [-0.15, -0.1) is 23.2 Å². The highest BCUT2D eigenvalue weighted by Crippen LogP contribution is 2.88. The van der Waals surface area contributed by atoms with Crippen LogP contribution >= 0.6 is 30.3 Å². The Morgan fingerprint density at radius 2 is 1.53 bits per heavy atom. The molecule has 1 saturated heterocycles. The van der Waals surface area contributed by atoms with Crippen molar-refractivity contribution in [1.29, 1.82) is 0 Å². The molecule has 0 aromatic heterocycles. The predicted octanol–water partition coefficient (Wildman–Crippen LogP) is 3.89. The van der Waals surface area contributed by atoms with Gasteiger partial charge in [-0.25, -0.2) is 0 Å². The summed E-state index contributed by atoms with van der Waals surface area (Å²) in [6, 6.07) is 9.75. The Balaban J connectivity index is 2.01. The summed E-state index contributed by atoms with van der Waals surface area (Å²) in [5.74, 6) is 0. The maximum Gasteiger partial charge on any atom is 0.131 e. The van der Waals surface area contributed by atoms with E-state index in [0.717, 1.165) is 5.30 Å². The van der Waals surface area contributed by atoms with Gasteiger partial charge in [0.15, 0.2) is 0 Å². The third-order valence-electron chi connectivity index (χ3n) is 4.91. The van der Waals surface area contributed by atoms with E-state index in [0.29, 0.717) is 12.3 Å². The molecular weight excluding hydrogens is 274 g/mol. The van der Waals surface area contributed by atoms with Crippen LogP contribution in [0.2, 0.25) is 0 Å². The minimum absolute atomic E-state index is 0.200. The van der Waals surface area contributed by atoms with Crippen molar-refractivity contribution in [2.45, 2.75) is 18.2 Å². The quantitative estimate of drug-likeness (QED) is 0.566. The predicted molar refractivity (Wildman–Crippen MR) is 74.1 cm³/mol. The maximum absolute atomic E-state index is 13.0. The average Bonchev–Trinajstić information content (AvgIpc) is 2.52. The Morgan fingerprint density at radius 3 is 2.00 bits per heavy atom. The summed E-state index contributed by atoms with van der Waals surface area (Å²) in [4.78, 5) is 0. The molecule has 3 rings (SSSR count). The zero-order valence-corrected chi connectivity index (χ0v) is 12.3. The lowest BCUT2D eigenvalue weighted by Gasteiger charge is -2.21. The topological polar surface area (TPSA) is 17.1 Å². The smallest absolute Gasteiger partial charge is 0.131 e. The molecule has 1 nitrogen and oxygen atoms in total. The van der Waals surface area contributed by atoms with E-state index in [1.165, 1.54) is 0 Å². The van der Waals surface area contributed by atoms with Crippen LogP contribution in [0.3, 0.4) is 0 Å². The summed E-state index contributed by atoms with van der Waals surface area (Å²) >= 11 is 12.7. The van der Waals surface area contributed by atoms with Gasteiger partial charge in [0, 0.05) is 28.5 Å². The van der Waals surface area contributed by atoms with Crippen LogP contribution in [0.15, 0.2) is 30.3 Å². The molecule has 1 heterocycles. The van der Waals surface area contributed by atoms with Crippen molar-refractivity contribution in [2.75, 3.05) is 12.3 Å². The first-order chi connectivity index (χ1) is 7.77. The van der Waals surface area contributed by atoms with E-state index in [1.54, 1.807) is 0 Å². The van der Waals surface area contributed by atoms with Crippen molar-refractivity contribution >= 4 is 35.6 Å². The molecule has 4 heteroatoms. The fourth-order valence-electron chi connectivity index (χ4n) is 3.45. The molecule has 1 aromatic rings. The molecule has 92 valence electrons. The van der Waals surface area contributed by atoms with Crippen molar-refractivity contribution in [3.8, 4) is 0 Å². The van der Waals surface area contributed by atoms with Crippen molar-refractivity contribution < 1.29 is 4.57 Å². The van der Waals surface area contributed by atoms with Crippen molar-refractivity contribution in [1.82, 2.24) is 0 Å². The fraction of sp³-hybridized carbons (Fsp3) is 0.538. The molecule has 0 amide bonds. The molecule has 1 saturated carbocycles. The van der Waals surface area contributed by atoms with Gasteiger partial charge in [-0.3, -0.25) is 0 Å². The monoisotopic (exact) mass is 288 g/mol. The Labute approximate surface area is 112 Å². The second-order valence-electron chi connectivity index (χ2n) is 5.78. The number of benzene rings is 1. The maximum atomic E-state index is 13.0. The number of rotatable bonds is 1. The van der Waals surface area contributed by atoms with Crippen LogP contribution < -0.4 is 5.30 Å². The van der Waals surface area contributed by atoms with E-state index in [-0.39, 0.29) is 10.8 Å². The second kappa shape index (κ2) is 3.13. The highest BCUT2D eigenvalue weighted by atomic mass is 35.5. The van der Waals surface area contributed by atoms with Crippen LogP contribution in [0, 0.1) is 10.8 Å². The van der Waals surface area contributed by atoms with E-state index >= 15 is 0 Å². The van der Waals surface area contributed by atoms with Crippen LogP contribution in [0.5, 0.6) is 0 Å². The van der Waals surface area contributed by atoms with Gasteiger partial charge in [0.2, 0.25) is 0 Å². The zero-order valence-electron chi connectivity index (χ0n) is 9.91. The number of hydrogen-bond acceptors (Lipinski definition) is 1. The molecule has 0 N–H and O–H groups in total. The number of hydrogen-bond donors (Lipinski definition) is 0. The molecule has 0 radical (unpaired) electrons. The molecule has 17 heavy (non-hydrogen) atoms. The van der Waals surface area contributed by atoms with Gasteiger partial charge in [0.25, 0.3) is 0 Å². The van der Waals surface area contributed by atoms with Gasteiger partial charge in [0.1, 0.15) is 11.5 Å². The van der Waals surface area contributed by atoms with Gasteiger partial charge in [-0.2, -0.15) is 0 Å². The van der Waals surface area contributed by atoms with Crippen LogP contribution in [-0.2, 0) is 4.57 Å². The highest BCUT2D eigenvalue weighted by Gasteiger charge is 2.86. The fourth-order valence-corrected chi connectivity index (χ4v) is 9.24. The van der Waals surface area contributed by atoms with Crippen molar-refractivity contribution in [2.24, 2.45) is 10.8 Å². The summed E-state index contributed by atoms with van der Waals surface area (Å²) < 4.78 is 12.3. The van der Waals surface area contributed by atoms with E-state index in [4.69, 9.17) is 23.2 Å². The van der Waals surface area contributed by atoms with Crippen LogP contribution in [-0.4, -0.2) is 16.7 Å². The third kappa shape index (κ3) is 1.21. The SMILES string of the molecule is CC12CP(=O)(c3ccccc3)CC1(C)C2(Cl)Cl. The Hall–Kier alpha value is 0.0300. The normalized spacial score (nSPS) is 46.6. The lowest BCUT2D eigenvalue weighted by Crippen LogP contribution is -2.18. The highest BCUT2D eigenvalue weighted by molar-refractivity contribution is 7.72. The largest absolute Gasteiger partial charge is 0.319 e. The van der Waals surface area contributed by atoms with Crippen LogP contribution in [0.4, 0.5) is 0 Å². The van der Waals surface area contributed by atoms with E-state index < -0.39 is 11.5 Å². The van der Waals surface area contributed by atoms with Crippen LogP contribution in [0.1, 0.15) is 13.8 Å². The van der Waals surface area contributed by atoms with Crippen molar-refractivity contribution in [3.05, 3.63) is 30.3 Å². The standard InChI is InChI=1S/C13H15Cl2OP/c1-11-8-17(16,10-6-4-3-5-7-10)9-12(11,2)13(11,14)15/h3-7H,8-9H2,1-2H3. The molecule has 1 aliphatic carbocycles. The third-order valence-corrected chi connectivity index (χ3v) is 10.1. The van der Waals surface area contributed by atoms with E-state index in [2.05, 4.69) is 13.8 Å². The summed E-state index contributed by atoms with van der Waals surface area (Å²) in [5.41, 5.74) is -0.400. The summed E-state index contributed by atoms with van der Waals surface area (Å²) in [6.07, 6.45) is 1.26. The average molecular weight is 289 g/mol. The summed E-state index contributed by atoms with van der Waals surface area (Å²) in [6.45, 7) is 4.13. The molecular formula is C13H15Cl2OP. The first-order valence-corrected chi connectivity index (χ1v) is 8.62. The lowest BCUT2D eigenvalue weighted by molar-refractivity contribution is 0.494. The van der Waals surface area contributed by atoms with Gasteiger partial charge in [0.05, 0.1) is 0 Å². The minimum atomic E-state index is -2.31. The molecule has 1 aromatic carbocycles. The van der Waals surface area contributed by atoms with E-state index in [9.17, 15) is 4.57 Å². The molecule has 2 unspecified atom stereocenters. The molecule has 0 spiro atoms. The minimum Gasteiger partial charge on any atom is -0.319 e. The summed E-state index contributed by atoms with van der Waals surface area (Å²) in [7, 11) is -2.31. The molecule has 2 aliphatic rings. The second-order valence-corrected chi connectivity index (χ2v) is 10.0. The van der Waals surface area contributed by atoms with Gasteiger partial charge in [-0.1, -0.05) is 44.2 Å². The Kier molecular flexibility index (Phi) is 2.22. The molecule has 0 bridgehead atoms. The first-order valence-electron chi connectivity index (χ1n) is 5.78. The zero-order chi connectivity index (χ0) is 12.5. The molecule has 2 fully saturated rings.